The van der Waals surface area contributed by atoms with Gasteiger partial charge in [-0.05, 0) is 37.8 Å². The van der Waals surface area contributed by atoms with Crippen molar-refractivity contribution < 1.29 is 9.59 Å². The first-order chi connectivity index (χ1) is 8.65. The lowest BCUT2D eigenvalue weighted by Gasteiger charge is -2.08. The van der Waals surface area contributed by atoms with E-state index in [0.717, 1.165) is 12.2 Å². The second-order valence-corrected chi connectivity index (χ2v) is 4.95. The van der Waals surface area contributed by atoms with Gasteiger partial charge in [0.25, 0.3) is 0 Å². The molecule has 1 amide bonds. The van der Waals surface area contributed by atoms with Crippen LogP contribution in [0.25, 0.3) is 0 Å². The number of carbonyl (C=O) groups excluding carboxylic acids is 2. The van der Waals surface area contributed by atoms with Crippen LogP contribution in [-0.4, -0.2) is 29.7 Å². The summed E-state index contributed by atoms with van der Waals surface area (Å²) in [6.07, 6.45) is 0.905. The number of carbonyl (C=O) groups is 2. The number of hydrogen-bond acceptors (Lipinski definition) is 4. The van der Waals surface area contributed by atoms with Gasteiger partial charge in [0.2, 0.25) is 5.91 Å². The number of nitrogens with one attached hydrogen (secondary N) is 1. The fourth-order valence-corrected chi connectivity index (χ4v) is 2.21. The third-order valence-corrected chi connectivity index (χ3v) is 3.35. The van der Waals surface area contributed by atoms with Crippen LogP contribution in [0.3, 0.4) is 0 Å². The Kier molecular flexibility index (Phi) is 6.46. The SMILES string of the molecule is CC(=O)c1ccccc1NC(=O)CSCCCN. The highest BCUT2D eigenvalue weighted by Crippen LogP contribution is 2.16. The van der Waals surface area contributed by atoms with Gasteiger partial charge in [0.1, 0.15) is 0 Å². The number of para-hydroxylation sites is 1. The van der Waals surface area contributed by atoms with E-state index in [1.54, 1.807) is 36.0 Å². The molecule has 0 radical (unpaired) electrons. The highest BCUT2D eigenvalue weighted by molar-refractivity contribution is 7.99. The predicted octanol–water partition coefficient (Wildman–Crippen LogP) is 1.91. The molecule has 3 N–H and O–H groups in total. The van der Waals surface area contributed by atoms with Crippen molar-refractivity contribution in [1.82, 2.24) is 0 Å². The van der Waals surface area contributed by atoms with Crippen LogP contribution in [0.4, 0.5) is 5.69 Å². The molecule has 1 aromatic carbocycles. The highest BCUT2D eigenvalue weighted by atomic mass is 32.2. The van der Waals surface area contributed by atoms with Crippen molar-refractivity contribution >= 4 is 29.1 Å². The van der Waals surface area contributed by atoms with E-state index in [-0.39, 0.29) is 11.7 Å². The van der Waals surface area contributed by atoms with Crippen LogP contribution in [0.5, 0.6) is 0 Å². The summed E-state index contributed by atoms with van der Waals surface area (Å²) in [4.78, 5) is 23.1. The van der Waals surface area contributed by atoms with Gasteiger partial charge in [-0.25, -0.2) is 0 Å². The summed E-state index contributed by atoms with van der Waals surface area (Å²) in [5, 5.41) is 2.76. The number of rotatable bonds is 7. The van der Waals surface area contributed by atoms with Gasteiger partial charge in [0.05, 0.1) is 11.4 Å². The van der Waals surface area contributed by atoms with Gasteiger partial charge in [0.15, 0.2) is 5.78 Å². The van der Waals surface area contributed by atoms with E-state index in [2.05, 4.69) is 5.32 Å². The first-order valence-electron chi connectivity index (χ1n) is 5.82. The number of ketones is 1. The van der Waals surface area contributed by atoms with Crippen molar-refractivity contribution in [3.05, 3.63) is 29.8 Å². The summed E-state index contributed by atoms with van der Waals surface area (Å²) in [6, 6.07) is 7.02. The summed E-state index contributed by atoms with van der Waals surface area (Å²) >= 11 is 1.54. The summed E-state index contributed by atoms with van der Waals surface area (Å²) in [6.45, 7) is 2.13. The largest absolute Gasteiger partial charge is 0.330 e. The molecule has 1 rings (SSSR count). The Hall–Kier alpha value is -1.33. The van der Waals surface area contributed by atoms with Crippen LogP contribution >= 0.6 is 11.8 Å². The van der Waals surface area contributed by atoms with E-state index in [1.165, 1.54) is 6.92 Å². The molecule has 0 heterocycles. The summed E-state index contributed by atoms with van der Waals surface area (Å²) in [5.74, 6) is 1.11. The molecule has 0 fully saturated rings. The Bertz CT molecular complexity index is 421. The average Bonchev–Trinajstić information content (AvgIpc) is 2.35. The van der Waals surface area contributed by atoms with Gasteiger partial charge >= 0.3 is 0 Å². The van der Waals surface area contributed by atoms with E-state index >= 15 is 0 Å². The van der Waals surface area contributed by atoms with Gasteiger partial charge in [-0.3, -0.25) is 9.59 Å². The van der Waals surface area contributed by atoms with Gasteiger partial charge in [-0.2, -0.15) is 11.8 Å². The molecule has 0 aliphatic carbocycles. The number of nitrogens with two attached hydrogens (primary N) is 1. The van der Waals surface area contributed by atoms with E-state index in [1.807, 2.05) is 0 Å². The Labute approximate surface area is 111 Å². The molecule has 98 valence electrons. The molecule has 0 aliphatic rings. The van der Waals surface area contributed by atoms with Crippen LogP contribution in [0.2, 0.25) is 0 Å². The predicted molar refractivity (Wildman–Crippen MR) is 76.1 cm³/mol. The van der Waals surface area contributed by atoms with Crippen LogP contribution in [-0.2, 0) is 4.79 Å². The number of amides is 1. The molecule has 0 aliphatic heterocycles. The minimum absolute atomic E-state index is 0.0540. The molecule has 0 aromatic heterocycles. The maximum absolute atomic E-state index is 11.7. The van der Waals surface area contributed by atoms with Crippen molar-refractivity contribution in [2.75, 3.05) is 23.4 Å². The third kappa shape index (κ3) is 4.89. The lowest BCUT2D eigenvalue weighted by molar-refractivity contribution is -0.113. The maximum atomic E-state index is 11.7. The monoisotopic (exact) mass is 266 g/mol. The number of benzene rings is 1. The van der Waals surface area contributed by atoms with Crippen LogP contribution < -0.4 is 11.1 Å². The minimum Gasteiger partial charge on any atom is -0.330 e. The van der Waals surface area contributed by atoms with E-state index < -0.39 is 0 Å². The van der Waals surface area contributed by atoms with Gasteiger partial charge in [-0.15, -0.1) is 0 Å². The van der Waals surface area contributed by atoms with E-state index in [4.69, 9.17) is 5.73 Å². The lowest BCUT2D eigenvalue weighted by atomic mass is 10.1. The van der Waals surface area contributed by atoms with Crippen molar-refractivity contribution in [2.45, 2.75) is 13.3 Å². The Balaban J connectivity index is 2.51. The third-order valence-electron chi connectivity index (χ3n) is 2.31. The average molecular weight is 266 g/mol. The minimum atomic E-state index is -0.0919. The molecule has 0 unspecified atom stereocenters. The van der Waals surface area contributed by atoms with Crippen LogP contribution in [0, 0.1) is 0 Å². The summed E-state index contributed by atoms with van der Waals surface area (Å²) in [7, 11) is 0. The zero-order chi connectivity index (χ0) is 13.4. The second-order valence-electron chi connectivity index (χ2n) is 3.84. The number of Topliss-reactive ketones (excluding diaryl/α,β-unsaturated/α-hetero) is 1. The molecule has 0 bridgehead atoms. The second kappa shape index (κ2) is 7.89. The molecular formula is C13H18N2O2S. The van der Waals surface area contributed by atoms with Crippen molar-refractivity contribution in [3.63, 3.8) is 0 Å². The molecule has 0 atom stereocenters. The van der Waals surface area contributed by atoms with Crippen molar-refractivity contribution in [1.29, 1.82) is 0 Å². The van der Waals surface area contributed by atoms with Gasteiger partial charge < -0.3 is 11.1 Å². The first-order valence-corrected chi connectivity index (χ1v) is 6.98. The number of anilines is 1. The molecule has 18 heavy (non-hydrogen) atoms. The van der Waals surface area contributed by atoms with Crippen molar-refractivity contribution in [3.8, 4) is 0 Å². The number of thioether (sulfide) groups is 1. The summed E-state index contributed by atoms with van der Waals surface area (Å²) in [5.41, 5.74) is 6.49. The smallest absolute Gasteiger partial charge is 0.234 e. The van der Waals surface area contributed by atoms with E-state index in [9.17, 15) is 9.59 Å². The highest BCUT2D eigenvalue weighted by Gasteiger charge is 2.09. The topological polar surface area (TPSA) is 72.2 Å². The zero-order valence-corrected chi connectivity index (χ0v) is 11.3. The molecule has 0 spiro atoms. The molecule has 0 saturated heterocycles. The lowest BCUT2D eigenvalue weighted by Crippen LogP contribution is -2.16. The fraction of sp³-hybridized carbons (Fsp3) is 0.385. The Morgan fingerprint density at radius 3 is 2.72 bits per heavy atom. The van der Waals surface area contributed by atoms with Crippen LogP contribution in [0.1, 0.15) is 23.7 Å². The quantitative estimate of drug-likeness (QED) is 0.584. The molecule has 5 heteroatoms. The van der Waals surface area contributed by atoms with Crippen molar-refractivity contribution in [2.24, 2.45) is 5.73 Å². The standard InChI is InChI=1S/C13H18N2O2S/c1-10(16)11-5-2-3-6-12(11)15-13(17)9-18-8-4-7-14/h2-3,5-6H,4,7-9,14H2,1H3,(H,15,17). The number of hydrogen-bond donors (Lipinski definition) is 2. The van der Waals surface area contributed by atoms with E-state index in [0.29, 0.717) is 23.5 Å². The Morgan fingerprint density at radius 2 is 2.06 bits per heavy atom. The summed E-state index contributed by atoms with van der Waals surface area (Å²) < 4.78 is 0. The Morgan fingerprint density at radius 1 is 1.33 bits per heavy atom. The first kappa shape index (κ1) is 14.7. The zero-order valence-electron chi connectivity index (χ0n) is 10.4. The fourth-order valence-electron chi connectivity index (χ4n) is 1.44. The molecule has 0 saturated carbocycles. The molecular weight excluding hydrogens is 248 g/mol. The molecule has 4 nitrogen and oxygen atoms in total. The van der Waals surface area contributed by atoms with Crippen LogP contribution in [0.15, 0.2) is 24.3 Å². The maximum Gasteiger partial charge on any atom is 0.234 e. The normalized spacial score (nSPS) is 10.1. The molecule has 1 aromatic rings. The van der Waals surface area contributed by atoms with Gasteiger partial charge in [0, 0.05) is 5.56 Å². The van der Waals surface area contributed by atoms with Gasteiger partial charge in [-0.1, -0.05) is 12.1 Å².